The lowest BCUT2D eigenvalue weighted by Gasteiger charge is -2.20. The smallest absolute Gasteiger partial charge is 0.257 e. The summed E-state index contributed by atoms with van der Waals surface area (Å²) in [5.41, 5.74) is 0. The Balaban J connectivity index is 3.21. The maximum Gasteiger partial charge on any atom is 0.257 e. The average molecular weight is 335 g/mol. The number of sulfonamides is 1. The fourth-order valence-electron chi connectivity index (χ4n) is 1.72. The molecule has 0 radical (unpaired) electrons. The second-order valence-electron chi connectivity index (χ2n) is 4.14. The normalized spacial score (nSPS) is 11.5. The molecule has 0 unspecified atom stereocenters. The van der Waals surface area contributed by atoms with Crippen LogP contribution in [0.3, 0.4) is 0 Å². The van der Waals surface area contributed by atoms with Crippen molar-refractivity contribution in [3.63, 3.8) is 0 Å². The minimum absolute atomic E-state index is 0.0393. The van der Waals surface area contributed by atoms with Gasteiger partial charge in [-0.05, 0) is 18.2 Å². The number of hydrogen-bond acceptors (Lipinski definition) is 4. The number of carbonyl (C=O) groups is 1. The lowest BCUT2D eigenvalue weighted by Crippen LogP contribution is -2.31. The Morgan fingerprint density at radius 3 is 2.48 bits per heavy atom. The summed E-state index contributed by atoms with van der Waals surface area (Å²) >= 11 is 5.89. The third kappa shape index (κ3) is 4.33. The zero-order valence-electron chi connectivity index (χ0n) is 12.2. The molecule has 0 heterocycles. The van der Waals surface area contributed by atoms with Crippen LogP contribution >= 0.6 is 11.6 Å². The van der Waals surface area contributed by atoms with Gasteiger partial charge in [0.05, 0.1) is 0 Å². The molecule has 1 aromatic carbocycles. The maximum absolute atomic E-state index is 12.6. The summed E-state index contributed by atoms with van der Waals surface area (Å²) in [7, 11) is -2.24. The highest BCUT2D eigenvalue weighted by Gasteiger charge is 2.26. The molecule has 0 aromatic heterocycles. The molecular weight excluding hydrogens is 316 g/mol. The van der Waals surface area contributed by atoms with Gasteiger partial charge in [-0.1, -0.05) is 25.4 Å². The van der Waals surface area contributed by atoms with Crippen LogP contribution in [0.4, 0.5) is 0 Å². The van der Waals surface area contributed by atoms with Crippen LogP contribution in [0.1, 0.15) is 13.8 Å². The van der Waals surface area contributed by atoms with Crippen LogP contribution in [0, 0.1) is 0 Å². The number of ether oxygens (including phenoxy) is 1. The highest BCUT2D eigenvalue weighted by atomic mass is 35.5. The Morgan fingerprint density at radius 2 is 1.95 bits per heavy atom. The molecule has 0 atom stereocenters. The van der Waals surface area contributed by atoms with Gasteiger partial charge in [-0.3, -0.25) is 4.79 Å². The van der Waals surface area contributed by atoms with Crippen molar-refractivity contribution < 1.29 is 17.9 Å². The van der Waals surface area contributed by atoms with E-state index in [1.54, 1.807) is 13.8 Å². The molecule has 118 valence electrons. The Bertz CT molecular complexity index is 600. The summed E-state index contributed by atoms with van der Waals surface area (Å²) in [6.45, 7) is 3.90. The van der Waals surface area contributed by atoms with Gasteiger partial charge in [-0.2, -0.15) is 4.31 Å². The first-order valence-corrected chi connectivity index (χ1v) is 8.31. The predicted molar refractivity (Wildman–Crippen MR) is 81.1 cm³/mol. The molecule has 1 N–H and O–H groups in total. The van der Waals surface area contributed by atoms with Gasteiger partial charge in [-0.15, -0.1) is 0 Å². The first-order valence-electron chi connectivity index (χ1n) is 6.49. The fraction of sp³-hybridized carbons (Fsp3) is 0.462. The first kappa shape index (κ1) is 17.7. The summed E-state index contributed by atoms with van der Waals surface area (Å²) in [5.74, 6) is -0.244. The van der Waals surface area contributed by atoms with E-state index in [0.717, 1.165) is 0 Å². The summed E-state index contributed by atoms with van der Waals surface area (Å²) < 4.78 is 31.7. The van der Waals surface area contributed by atoms with E-state index >= 15 is 0 Å². The number of hydrogen-bond donors (Lipinski definition) is 1. The van der Waals surface area contributed by atoms with Crippen LogP contribution in [0.25, 0.3) is 0 Å². The van der Waals surface area contributed by atoms with E-state index in [1.165, 1.54) is 29.6 Å². The Hall–Kier alpha value is -1.31. The van der Waals surface area contributed by atoms with E-state index in [4.69, 9.17) is 16.3 Å². The van der Waals surface area contributed by atoms with E-state index in [0.29, 0.717) is 13.1 Å². The fourth-order valence-corrected chi connectivity index (χ4v) is 3.57. The van der Waals surface area contributed by atoms with E-state index in [9.17, 15) is 13.2 Å². The molecule has 0 saturated heterocycles. The Labute approximate surface area is 130 Å². The van der Waals surface area contributed by atoms with E-state index < -0.39 is 10.0 Å². The number of amides is 1. The number of halogens is 1. The molecule has 6 nitrogen and oxygen atoms in total. The molecule has 0 fully saturated rings. The first-order chi connectivity index (χ1) is 9.86. The molecule has 0 spiro atoms. The number of benzene rings is 1. The van der Waals surface area contributed by atoms with Gasteiger partial charge in [0, 0.05) is 25.2 Å². The van der Waals surface area contributed by atoms with Crippen LogP contribution in [0.5, 0.6) is 5.75 Å². The Morgan fingerprint density at radius 1 is 1.33 bits per heavy atom. The predicted octanol–water partition coefficient (Wildman–Crippen LogP) is 1.50. The molecule has 1 amide bonds. The molecule has 0 bridgehead atoms. The minimum Gasteiger partial charge on any atom is -0.482 e. The monoisotopic (exact) mass is 334 g/mol. The minimum atomic E-state index is -3.72. The van der Waals surface area contributed by atoms with Crippen LogP contribution in [0.15, 0.2) is 23.1 Å². The summed E-state index contributed by atoms with van der Waals surface area (Å²) in [4.78, 5) is 11.2. The molecule has 0 aliphatic carbocycles. The summed E-state index contributed by atoms with van der Waals surface area (Å²) in [6, 6.07) is 4.29. The van der Waals surface area contributed by atoms with E-state index in [2.05, 4.69) is 5.32 Å². The maximum atomic E-state index is 12.6. The highest BCUT2D eigenvalue weighted by Crippen LogP contribution is 2.29. The van der Waals surface area contributed by atoms with Gasteiger partial charge in [0.25, 0.3) is 5.91 Å². The second-order valence-corrected chi connectivity index (χ2v) is 6.49. The van der Waals surface area contributed by atoms with Crippen molar-refractivity contribution >= 4 is 27.5 Å². The van der Waals surface area contributed by atoms with Crippen molar-refractivity contribution in [2.45, 2.75) is 18.7 Å². The van der Waals surface area contributed by atoms with Crippen molar-refractivity contribution in [2.24, 2.45) is 0 Å². The third-order valence-electron chi connectivity index (χ3n) is 2.87. The molecule has 8 heteroatoms. The van der Waals surface area contributed by atoms with Crippen molar-refractivity contribution in [3.8, 4) is 5.75 Å². The largest absolute Gasteiger partial charge is 0.482 e. The molecule has 0 aliphatic heterocycles. The van der Waals surface area contributed by atoms with Gasteiger partial charge >= 0.3 is 0 Å². The van der Waals surface area contributed by atoms with Gasteiger partial charge in [0.2, 0.25) is 10.0 Å². The number of carbonyl (C=O) groups excluding carboxylic acids is 1. The standard InChI is InChI=1S/C13H19ClN2O4S/c1-4-16(5-2)21(18,19)12-8-10(14)6-7-11(12)20-9-13(17)15-3/h6-8H,4-5,9H2,1-3H3,(H,15,17). The zero-order valence-corrected chi connectivity index (χ0v) is 13.8. The molecule has 0 saturated carbocycles. The van der Waals surface area contributed by atoms with Gasteiger partial charge in [0.15, 0.2) is 6.61 Å². The molecule has 1 aromatic rings. The van der Waals surface area contributed by atoms with Crippen molar-refractivity contribution in [2.75, 3.05) is 26.7 Å². The van der Waals surface area contributed by atoms with Crippen LogP contribution < -0.4 is 10.1 Å². The molecular formula is C13H19ClN2O4S. The van der Waals surface area contributed by atoms with Crippen LogP contribution in [-0.2, 0) is 14.8 Å². The molecule has 0 aliphatic rings. The third-order valence-corrected chi connectivity index (χ3v) is 5.17. The van der Waals surface area contributed by atoms with Crippen molar-refractivity contribution in [1.82, 2.24) is 9.62 Å². The average Bonchev–Trinajstić information content (AvgIpc) is 2.46. The topological polar surface area (TPSA) is 75.7 Å². The molecule has 1 rings (SSSR count). The number of likely N-dealkylation sites (N-methyl/N-ethyl adjacent to an activating group) is 1. The number of rotatable bonds is 7. The summed E-state index contributed by atoms with van der Waals surface area (Å²) in [6.07, 6.45) is 0. The van der Waals surface area contributed by atoms with Gasteiger partial charge in [0.1, 0.15) is 10.6 Å². The number of nitrogens with one attached hydrogen (secondary N) is 1. The zero-order chi connectivity index (χ0) is 16.0. The number of nitrogens with zero attached hydrogens (tertiary/aromatic N) is 1. The van der Waals surface area contributed by atoms with Crippen LogP contribution in [-0.4, -0.2) is 45.4 Å². The van der Waals surface area contributed by atoms with Gasteiger partial charge in [-0.25, -0.2) is 8.42 Å². The highest BCUT2D eigenvalue weighted by molar-refractivity contribution is 7.89. The Kier molecular flexibility index (Phi) is 6.44. The lowest BCUT2D eigenvalue weighted by atomic mass is 10.3. The van der Waals surface area contributed by atoms with E-state index in [1.807, 2.05) is 0 Å². The SMILES string of the molecule is CCN(CC)S(=O)(=O)c1cc(Cl)ccc1OCC(=O)NC. The van der Waals surface area contributed by atoms with E-state index in [-0.39, 0.29) is 28.2 Å². The summed E-state index contributed by atoms with van der Waals surface area (Å²) in [5, 5.41) is 2.69. The van der Waals surface area contributed by atoms with Gasteiger partial charge < -0.3 is 10.1 Å². The van der Waals surface area contributed by atoms with Crippen molar-refractivity contribution in [3.05, 3.63) is 23.2 Å². The van der Waals surface area contributed by atoms with Crippen LogP contribution in [0.2, 0.25) is 5.02 Å². The second kappa shape index (κ2) is 7.63. The lowest BCUT2D eigenvalue weighted by molar-refractivity contribution is -0.122. The quantitative estimate of drug-likeness (QED) is 0.819. The van der Waals surface area contributed by atoms with Crippen molar-refractivity contribution in [1.29, 1.82) is 0 Å². The molecule has 21 heavy (non-hydrogen) atoms.